The van der Waals surface area contributed by atoms with Crippen LogP contribution in [0.5, 0.6) is 5.75 Å². The highest BCUT2D eigenvalue weighted by Crippen LogP contribution is 2.49. The third kappa shape index (κ3) is 6.70. The molecule has 6 atom stereocenters. The molecule has 1 saturated heterocycles. The van der Waals surface area contributed by atoms with Gasteiger partial charge in [0.2, 0.25) is 0 Å². The number of aromatic nitrogens is 4. The van der Waals surface area contributed by atoms with E-state index in [2.05, 4.69) is 20.0 Å². The smallest absolute Gasteiger partial charge is 0.459 e. The fraction of sp³-hybridized carbons (Fsp3) is 0.571. The normalized spacial score (nSPS) is 25.6. The number of alkyl halides is 2. The third-order valence-corrected chi connectivity index (χ3v) is 9.49. The molecule has 13 nitrogen and oxygen atoms in total. The first-order chi connectivity index (χ1) is 20.9. The Morgan fingerprint density at radius 2 is 2.00 bits per heavy atom. The zero-order chi connectivity index (χ0) is 31.8. The number of aryl methyl sites for hydroxylation is 1. The monoisotopic (exact) mass is 654 g/mol. The van der Waals surface area contributed by atoms with Crippen LogP contribution in [0.3, 0.4) is 0 Å². The molecule has 1 aliphatic carbocycles. The van der Waals surface area contributed by atoms with Gasteiger partial charge in [-0.2, -0.15) is 5.09 Å². The van der Waals surface area contributed by atoms with Crippen molar-refractivity contribution in [3.05, 3.63) is 42.5 Å². The summed E-state index contributed by atoms with van der Waals surface area (Å²) < 4.78 is 54.0. The number of esters is 1. The molecule has 0 radical (unpaired) electrons. The number of hydrogen-bond donors (Lipinski definition) is 2. The number of nitrogens with zero attached hydrogens (tertiary/aromatic N) is 5. The Hall–Kier alpha value is -2.87. The lowest BCUT2D eigenvalue weighted by atomic mass is 9.99. The van der Waals surface area contributed by atoms with E-state index in [-0.39, 0.29) is 5.75 Å². The van der Waals surface area contributed by atoms with Gasteiger partial charge in [-0.05, 0) is 52.7 Å². The van der Waals surface area contributed by atoms with Gasteiger partial charge in [0.15, 0.2) is 29.4 Å². The summed E-state index contributed by atoms with van der Waals surface area (Å²) in [5.74, 6) is 0.124. The number of para-hydroxylation sites is 1. The summed E-state index contributed by atoms with van der Waals surface area (Å²) >= 11 is 6.29. The lowest BCUT2D eigenvalue weighted by Gasteiger charge is -2.31. The number of anilines is 1. The molecule has 0 spiro atoms. The van der Waals surface area contributed by atoms with Crippen molar-refractivity contribution in [1.82, 2.24) is 24.6 Å². The largest absolute Gasteiger partial charge is 0.462 e. The molecule has 0 unspecified atom stereocenters. The van der Waals surface area contributed by atoms with Gasteiger partial charge in [0.1, 0.15) is 29.3 Å². The van der Waals surface area contributed by atoms with Crippen molar-refractivity contribution >= 4 is 42.3 Å². The number of aliphatic hydroxyl groups is 1. The van der Waals surface area contributed by atoms with Gasteiger partial charge < -0.3 is 24.0 Å². The van der Waals surface area contributed by atoms with E-state index in [9.17, 15) is 14.5 Å². The number of imidazole rings is 1. The van der Waals surface area contributed by atoms with Crippen LogP contribution in [0.1, 0.15) is 45.7 Å². The molecule has 1 saturated carbocycles. The van der Waals surface area contributed by atoms with Gasteiger partial charge in [0.25, 0.3) is 0 Å². The number of rotatable bonds is 13. The van der Waals surface area contributed by atoms with E-state index < -0.39 is 62.5 Å². The van der Waals surface area contributed by atoms with E-state index in [4.69, 9.17) is 30.1 Å². The summed E-state index contributed by atoms with van der Waals surface area (Å²) in [6, 6.07) is 7.38. The van der Waals surface area contributed by atoms with E-state index >= 15 is 4.39 Å². The van der Waals surface area contributed by atoms with Crippen molar-refractivity contribution in [2.75, 3.05) is 24.4 Å². The quantitative estimate of drug-likeness (QED) is 0.155. The second kappa shape index (κ2) is 12.9. The van der Waals surface area contributed by atoms with Crippen LogP contribution in [0.4, 0.5) is 10.2 Å². The molecule has 3 aromatic rings. The summed E-state index contributed by atoms with van der Waals surface area (Å²) in [6.07, 6.45) is -2.15. The topological polar surface area (TPSA) is 150 Å². The average molecular weight is 655 g/mol. The Morgan fingerprint density at radius 1 is 1.30 bits per heavy atom. The fourth-order valence-corrected chi connectivity index (χ4v) is 6.75. The molecule has 16 heteroatoms. The van der Waals surface area contributed by atoms with E-state index in [0.29, 0.717) is 28.8 Å². The molecule has 2 aromatic heterocycles. The summed E-state index contributed by atoms with van der Waals surface area (Å²) in [4.78, 5) is 28.0. The van der Waals surface area contributed by atoms with Crippen LogP contribution in [-0.4, -0.2) is 86.2 Å². The highest BCUT2D eigenvalue weighted by atomic mass is 35.5. The van der Waals surface area contributed by atoms with Gasteiger partial charge in [-0.3, -0.25) is 13.9 Å². The summed E-state index contributed by atoms with van der Waals surface area (Å²) in [6.45, 7) is 5.86. The number of carbonyl (C=O) groups is 1. The minimum atomic E-state index is -4.36. The standard InChI is InChI=1S/C28H37ClFN6O7P/c1-16(2)41-27(38)17(3)34-44(39,43-20-9-7-6-8-10-20)40-14-28(13-29)23(37)21(30)26(42-28)36-15-31-22-24(35(5)19-11-12-19)32-18(4)33-25(22)36/h6-10,15-17,19,21,23,26,37H,11-14H2,1-5H3,(H,34,39)/t17-,21+,23-,26+,28+,44+/m0/s1. The first-order valence-corrected chi connectivity index (χ1v) is 16.4. The molecule has 2 fully saturated rings. The lowest BCUT2D eigenvalue weighted by molar-refractivity contribution is -0.149. The van der Waals surface area contributed by atoms with Gasteiger partial charge in [-0.1, -0.05) is 18.2 Å². The second-order valence-corrected chi connectivity index (χ2v) is 13.3. The van der Waals surface area contributed by atoms with Crippen LogP contribution in [-0.2, 0) is 23.4 Å². The zero-order valence-corrected chi connectivity index (χ0v) is 26.7. The molecule has 3 heterocycles. The minimum Gasteiger partial charge on any atom is -0.462 e. The van der Waals surface area contributed by atoms with Gasteiger partial charge in [0.05, 0.1) is 24.9 Å². The highest BCUT2D eigenvalue weighted by molar-refractivity contribution is 7.52. The predicted octanol–water partition coefficient (Wildman–Crippen LogP) is 4.07. The van der Waals surface area contributed by atoms with Crippen molar-refractivity contribution in [3.8, 4) is 5.75 Å². The molecular formula is C28H37ClFN6O7P. The van der Waals surface area contributed by atoms with Crippen LogP contribution < -0.4 is 14.5 Å². The molecule has 0 bridgehead atoms. The number of fused-ring (bicyclic) bond motifs is 1. The first-order valence-electron chi connectivity index (χ1n) is 14.3. The number of benzene rings is 1. The summed E-state index contributed by atoms with van der Waals surface area (Å²) in [5, 5.41) is 13.7. The number of aliphatic hydroxyl groups excluding tert-OH is 1. The SMILES string of the molecule is Cc1nc(N(C)C2CC2)c2ncn([C@@H]3O[C@](CCl)(CO[P@](=O)(N[C@@H](C)C(=O)OC(C)C)Oc4ccccc4)[C@@H](O)[C@H]3F)c2n1. The molecule has 240 valence electrons. The lowest BCUT2D eigenvalue weighted by Crippen LogP contribution is -2.48. The maximum atomic E-state index is 15.9. The van der Waals surface area contributed by atoms with Crippen molar-refractivity contribution in [1.29, 1.82) is 0 Å². The molecule has 5 rings (SSSR count). The van der Waals surface area contributed by atoms with Crippen LogP contribution >= 0.6 is 19.3 Å². The minimum absolute atomic E-state index is 0.175. The Morgan fingerprint density at radius 3 is 2.64 bits per heavy atom. The number of nitrogens with one attached hydrogen (secondary N) is 1. The average Bonchev–Trinajstić information content (AvgIpc) is 3.71. The maximum Gasteiger partial charge on any atom is 0.459 e. The molecule has 2 N–H and O–H groups in total. The Balaban J connectivity index is 1.41. The Kier molecular flexibility index (Phi) is 9.50. The molecule has 1 aliphatic heterocycles. The molecule has 44 heavy (non-hydrogen) atoms. The fourth-order valence-electron chi connectivity index (χ4n) is 4.90. The van der Waals surface area contributed by atoms with E-state index in [0.717, 1.165) is 12.8 Å². The first kappa shape index (κ1) is 32.5. The maximum absolute atomic E-state index is 15.9. The number of hydrogen-bond acceptors (Lipinski definition) is 11. The van der Waals surface area contributed by atoms with E-state index in [1.807, 2.05) is 11.9 Å². The molecule has 0 amide bonds. The van der Waals surface area contributed by atoms with Gasteiger partial charge in [-0.15, -0.1) is 11.6 Å². The molecule has 1 aromatic carbocycles. The molecular weight excluding hydrogens is 618 g/mol. The van der Waals surface area contributed by atoms with Crippen LogP contribution in [0, 0.1) is 6.92 Å². The van der Waals surface area contributed by atoms with Crippen LogP contribution in [0.25, 0.3) is 11.2 Å². The van der Waals surface area contributed by atoms with E-state index in [1.165, 1.54) is 17.8 Å². The predicted molar refractivity (Wildman–Crippen MR) is 160 cm³/mol. The van der Waals surface area contributed by atoms with Crippen LogP contribution in [0.2, 0.25) is 0 Å². The van der Waals surface area contributed by atoms with Gasteiger partial charge >= 0.3 is 13.7 Å². The molecule has 2 aliphatic rings. The summed E-state index contributed by atoms with van der Waals surface area (Å²) in [5.41, 5.74) is -1.08. The second-order valence-electron chi connectivity index (χ2n) is 11.4. The van der Waals surface area contributed by atoms with Crippen molar-refractivity contribution in [3.63, 3.8) is 0 Å². The zero-order valence-electron chi connectivity index (χ0n) is 25.1. The van der Waals surface area contributed by atoms with Crippen molar-refractivity contribution in [2.45, 2.75) is 82.8 Å². The third-order valence-electron chi connectivity index (χ3n) is 7.42. The number of halogens is 2. The van der Waals surface area contributed by atoms with Gasteiger partial charge in [0, 0.05) is 13.1 Å². The van der Waals surface area contributed by atoms with Gasteiger partial charge in [-0.25, -0.2) is 23.9 Å². The number of carbonyl (C=O) groups excluding carboxylic acids is 1. The van der Waals surface area contributed by atoms with Crippen molar-refractivity contribution in [2.24, 2.45) is 0 Å². The number of ether oxygens (including phenoxy) is 2. The highest BCUT2D eigenvalue weighted by Gasteiger charge is 2.57. The summed E-state index contributed by atoms with van der Waals surface area (Å²) in [7, 11) is -2.44. The van der Waals surface area contributed by atoms with Crippen molar-refractivity contribution < 1.29 is 37.4 Å². The van der Waals surface area contributed by atoms with Crippen LogP contribution in [0.15, 0.2) is 36.7 Å². The Bertz CT molecular complexity index is 1530. The van der Waals surface area contributed by atoms with E-state index in [1.54, 1.807) is 51.1 Å². The Labute approximate surface area is 259 Å².